The van der Waals surface area contributed by atoms with Gasteiger partial charge >= 0.3 is 12.4 Å². The molecular weight excluding hydrogens is 647 g/mol. The number of alkyl halides is 6. The van der Waals surface area contributed by atoms with Crippen LogP contribution in [0, 0.1) is 9.54 Å². The third-order valence-electron chi connectivity index (χ3n) is 6.24. The van der Waals surface area contributed by atoms with Gasteiger partial charge < -0.3 is 9.80 Å². The molecule has 0 saturated carbocycles. The number of nitrogens with zero attached hydrogens (tertiary/aromatic N) is 8. The van der Waals surface area contributed by atoms with Gasteiger partial charge in [-0.3, -0.25) is 0 Å². The van der Waals surface area contributed by atoms with Crippen molar-refractivity contribution in [2.24, 2.45) is 10.2 Å². The fraction of sp³-hybridized carbons (Fsp3) is 0.364. The lowest BCUT2D eigenvalue weighted by atomic mass is 10.3. The highest BCUT2D eigenvalue weighted by molar-refractivity contribution is 7.71. The van der Waals surface area contributed by atoms with Crippen LogP contribution < -0.4 is 9.80 Å². The standard InChI is InChI=1S/C22H20F6N10S4/c23-21(24,25)17-31-35(19(39)37(17)29-11-15-3-1-9-41-15)13-33-5-7-34(8-6-33)14-36-20(40)38(18(32-36)22(26,27)28)30-12-16-4-2-10-42-16/h1-4,9-12H,5-8,13-14H2/p+2/b29-11-,30-12-. The van der Waals surface area contributed by atoms with Crippen LogP contribution in [0.2, 0.25) is 0 Å². The Morgan fingerprint density at radius 1 is 0.738 bits per heavy atom. The SMILES string of the molecule is FC(F)(F)c1nn(C[NH+]2CC[NH+](Cn3nc(C(F)(F)F)n(/N=C\c4cccs4)c3=S)CC2)c(=S)n1/N=C\c1cccs1. The van der Waals surface area contributed by atoms with Crippen molar-refractivity contribution in [1.82, 2.24) is 28.9 Å². The molecule has 42 heavy (non-hydrogen) atoms. The third kappa shape index (κ3) is 6.94. The van der Waals surface area contributed by atoms with E-state index in [0.717, 1.165) is 19.2 Å². The topological polar surface area (TPSA) is 79.1 Å². The summed E-state index contributed by atoms with van der Waals surface area (Å²) < 4.78 is 85.1. The molecule has 5 heterocycles. The van der Waals surface area contributed by atoms with Crippen molar-refractivity contribution in [3.8, 4) is 0 Å². The molecule has 0 atom stereocenters. The lowest BCUT2D eigenvalue weighted by molar-refractivity contribution is -1.03. The largest absolute Gasteiger partial charge is 0.453 e. The van der Waals surface area contributed by atoms with Crippen LogP contribution in [0.15, 0.2) is 45.2 Å². The Bertz CT molecular complexity index is 1540. The highest BCUT2D eigenvalue weighted by Crippen LogP contribution is 2.29. The molecule has 1 saturated heterocycles. The zero-order valence-corrected chi connectivity index (χ0v) is 24.6. The minimum absolute atomic E-state index is 0.0699. The number of thiophene rings is 2. The number of hydrogen-bond donors (Lipinski definition) is 2. The van der Waals surface area contributed by atoms with Crippen LogP contribution >= 0.6 is 47.1 Å². The second-order valence-corrected chi connectivity index (χ2v) is 11.9. The number of nitrogens with one attached hydrogen (secondary N) is 2. The zero-order chi connectivity index (χ0) is 30.1. The van der Waals surface area contributed by atoms with Crippen molar-refractivity contribution in [3.63, 3.8) is 0 Å². The summed E-state index contributed by atoms with van der Waals surface area (Å²) in [7, 11) is 0. The third-order valence-corrected chi connectivity index (χ3v) is 8.62. The fourth-order valence-electron chi connectivity index (χ4n) is 4.22. The summed E-state index contributed by atoms with van der Waals surface area (Å²) in [5.41, 5.74) is 0. The van der Waals surface area contributed by atoms with Gasteiger partial charge in [-0.25, -0.2) is 0 Å². The quantitative estimate of drug-likeness (QED) is 0.172. The van der Waals surface area contributed by atoms with Crippen LogP contribution in [-0.2, 0) is 25.7 Å². The summed E-state index contributed by atoms with van der Waals surface area (Å²) in [6.45, 7) is 2.14. The first kappa shape index (κ1) is 30.4. The molecule has 1 aliphatic rings. The van der Waals surface area contributed by atoms with Crippen molar-refractivity contribution in [2.45, 2.75) is 25.7 Å². The van der Waals surface area contributed by atoms with E-state index in [9.17, 15) is 26.3 Å². The maximum atomic E-state index is 13.7. The molecule has 0 bridgehead atoms. The van der Waals surface area contributed by atoms with Crippen LogP contribution in [0.5, 0.6) is 0 Å². The van der Waals surface area contributed by atoms with E-state index in [1.165, 1.54) is 35.1 Å². The van der Waals surface area contributed by atoms with Crippen molar-refractivity contribution >= 4 is 59.5 Å². The molecule has 1 fully saturated rings. The first-order valence-corrected chi connectivity index (χ1v) is 14.8. The Labute approximate surface area is 252 Å². The first-order chi connectivity index (χ1) is 19.9. The first-order valence-electron chi connectivity index (χ1n) is 12.3. The van der Waals surface area contributed by atoms with Crippen molar-refractivity contribution < 1.29 is 36.1 Å². The highest BCUT2D eigenvalue weighted by atomic mass is 32.1. The van der Waals surface area contributed by atoms with Gasteiger partial charge in [-0.1, -0.05) is 12.1 Å². The summed E-state index contributed by atoms with van der Waals surface area (Å²) in [5.74, 6) is -2.45. The number of piperazine rings is 1. The minimum Gasteiger partial charge on any atom is -0.307 e. The average molecular weight is 669 g/mol. The lowest BCUT2D eigenvalue weighted by Crippen LogP contribution is -3.27. The molecule has 4 aromatic rings. The van der Waals surface area contributed by atoms with E-state index in [1.807, 2.05) is 0 Å². The summed E-state index contributed by atoms with van der Waals surface area (Å²) in [5, 5.41) is 18.8. The molecule has 20 heteroatoms. The van der Waals surface area contributed by atoms with Gasteiger partial charge in [0.2, 0.25) is 9.54 Å². The van der Waals surface area contributed by atoms with Gasteiger partial charge in [0.05, 0.1) is 12.4 Å². The normalized spacial score (nSPS) is 18.5. The molecule has 0 amide bonds. The van der Waals surface area contributed by atoms with E-state index in [2.05, 4.69) is 20.4 Å². The number of aromatic nitrogens is 6. The zero-order valence-electron chi connectivity index (χ0n) is 21.3. The Hall–Kier alpha value is -3.04. The van der Waals surface area contributed by atoms with Gasteiger partial charge in [0, 0.05) is 9.75 Å². The maximum absolute atomic E-state index is 13.7. The molecule has 0 aliphatic carbocycles. The molecule has 0 unspecified atom stereocenters. The Morgan fingerprint density at radius 2 is 1.12 bits per heavy atom. The molecule has 5 rings (SSSR count). The number of quaternary nitrogens is 2. The molecule has 4 aromatic heterocycles. The Balaban J connectivity index is 1.27. The van der Waals surface area contributed by atoms with Crippen LogP contribution in [0.1, 0.15) is 21.4 Å². The van der Waals surface area contributed by atoms with Crippen LogP contribution in [0.4, 0.5) is 26.3 Å². The summed E-state index contributed by atoms with van der Waals surface area (Å²) in [6.07, 6.45) is -6.95. The second kappa shape index (κ2) is 12.3. The smallest absolute Gasteiger partial charge is 0.307 e. The van der Waals surface area contributed by atoms with Crippen LogP contribution in [-0.4, -0.2) is 67.5 Å². The number of rotatable bonds is 8. The van der Waals surface area contributed by atoms with Crippen molar-refractivity contribution in [3.05, 3.63) is 66.0 Å². The molecule has 224 valence electrons. The van der Waals surface area contributed by atoms with Gasteiger partial charge in [0.25, 0.3) is 11.6 Å². The van der Waals surface area contributed by atoms with Gasteiger partial charge in [-0.15, -0.1) is 32.9 Å². The van der Waals surface area contributed by atoms with Gasteiger partial charge in [-0.05, 0) is 47.3 Å². The Kier molecular flexibility index (Phi) is 8.90. The average Bonchev–Trinajstić information content (AvgIpc) is 3.72. The van der Waals surface area contributed by atoms with E-state index < -0.39 is 24.0 Å². The summed E-state index contributed by atoms with van der Waals surface area (Å²) >= 11 is 13.2. The molecular formula is C22H22F6N10S4+2. The molecule has 1 aliphatic heterocycles. The predicted molar refractivity (Wildman–Crippen MR) is 148 cm³/mol. The molecule has 0 spiro atoms. The van der Waals surface area contributed by atoms with E-state index in [0.29, 0.717) is 45.3 Å². The maximum Gasteiger partial charge on any atom is 0.453 e. The van der Waals surface area contributed by atoms with Crippen molar-refractivity contribution in [1.29, 1.82) is 0 Å². The fourth-order valence-corrected chi connectivity index (χ4v) is 5.86. The lowest BCUT2D eigenvalue weighted by Gasteiger charge is -2.29. The number of halogens is 6. The van der Waals surface area contributed by atoms with Crippen LogP contribution in [0.3, 0.4) is 0 Å². The van der Waals surface area contributed by atoms with E-state index in [4.69, 9.17) is 24.4 Å². The Morgan fingerprint density at radius 3 is 1.43 bits per heavy atom. The van der Waals surface area contributed by atoms with E-state index >= 15 is 0 Å². The minimum atomic E-state index is -4.77. The van der Waals surface area contributed by atoms with E-state index in [-0.39, 0.29) is 22.9 Å². The molecule has 2 N–H and O–H groups in total. The molecule has 10 nitrogen and oxygen atoms in total. The van der Waals surface area contributed by atoms with Crippen molar-refractivity contribution in [2.75, 3.05) is 26.2 Å². The number of hydrogen-bond acceptors (Lipinski definition) is 8. The second-order valence-electron chi connectivity index (χ2n) is 9.17. The summed E-state index contributed by atoms with van der Waals surface area (Å²) in [4.78, 5) is 3.12. The summed E-state index contributed by atoms with van der Waals surface area (Å²) in [6, 6.07) is 6.92. The molecule has 0 aromatic carbocycles. The van der Waals surface area contributed by atoms with Crippen LogP contribution in [0.25, 0.3) is 0 Å². The van der Waals surface area contributed by atoms with Gasteiger partial charge in [0.1, 0.15) is 26.2 Å². The van der Waals surface area contributed by atoms with Gasteiger partial charge in [-0.2, -0.15) is 55.3 Å². The van der Waals surface area contributed by atoms with E-state index in [1.54, 1.807) is 35.0 Å². The molecule has 0 radical (unpaired) electrons. The van der Waals surface area contributed by atoms with Gasteiger partial charge in [0.15, 0.2) is 13.3 Å². The predicted octanol–water partition coefficient (Wildman–Crippen LogP) is 2.47. The monoisotopic (exact) mass is 668 g/mol. The highest BCUT2D eigenvalue weighted by Gasteiger charge is 2.40.